The summed E-state index contributed by atoms with van der Waals surface area (Å²) in [7, 11) is 0. The van der Waals surface area contributed by atoms with E-state index in [0.717, 1.165) is 89.9 Å². The summed E-state index contributed by atoms with van der Waals surface area (Å²) in [5.41, 5.74) is 0. The van der Waals surface area contributed by atoms with Crippen LogP contribution in [0.2, 0.25) is 0 Å². The maximum atomic E-state index is 12.8. The van der Waals surface area contributed by atoms with E-state index < -0.39 is 6.10 Å². The minimum atomic E-state index is -0.588. The molecule has 0 aromatic rings. The van der Waals surface area contributed by atoms with Crippen LogP contribution < -0.4 is 0 Å². The van der Waals surface area contributed by atoms with Gasteiger partial charge in [0.2, 0.25) is 0 Å². The van der Waals surface area contributed by atoms with Gasteiger partial charge in [-0.1, -0.05) is 214 Å². The van der Waals surface area contributed by atoms with Crippen LogP contribution in [-0.4, -0.2) is 37.9 Å². The Morgan fingerprint density at radius 3 is 1.19 bits per heavy atom. The van der Waals surface area contributed by atoms with E-state index in [9.17, 15) is 9.59 Å². The lowest BCUT2D eigenvalue weighted by atomic mass is 10.1. The fourth-order valence-electron chi connectivity index (χ4n) is 6.92. The number of rotatable bonds is 47. The van der Waals surface area contributed by atoms with E-state index in [2.05, 4.69) is 124 Å². The molecule has 1 unspecified atom stereocenters. The van der Waals surface area contributed by atoms with Gasteiger partial charge in [0.15, 0.2) is 6.10 Å². The summed E-state index contributed by atoms with van der Waals surface area (Å²) in [6.45, 7) is 7.47. The zero-order valence-corrected chi connectivity index (χ0v) is 41.8. The number of hydrogen-bond donors (Lipinski definition) is 0. The number of allylic oxidation sites excluding steroid dienone is 18. The molecule has 0 heterocycles. The third kappa shape index (κ3) is 51.2. The normalized spacial score (nSPS) is 13.1. The molecule has 0 radical (unpaired) electrons. The van der Waals surface area contributed by atoms with Gasteiger partial charge in [-0.15, -0.1) is 0 Å². The molecule has 0 rings (SSSR count). The summed E-state index contributed by atoms with van der Waals surface area (Å²) in [5, 5.41) is 0. The van der Waals surface area contributed by atoms with Crippen molar-refractivity contribution in [1.82, 2.24) is 0 Å². The fraction of sp³-hybridized carbons (Fsp3) is 0.661. The minimum Gasteiger partial charge on any atom is -0.462 e. The highest BCUT2D eigenvalue weighted by molar-refractivity contribution is 5.70. The molecule has 0 spiro atoms. The van der Waals surface area contributed by atoms with Gasteiger partial charge in [0.05, 0.1) is 6.61 Å². The number of unbranched alkanes of at least 4 members (excludes halogenated alkanes) is 18. The van der Waals surface area contributed by atoms with Gasteiger partial charge in [-0.2, -0.15) is 0 Å². The van der Waals surface area contributed by atoms with Crippen LogP contribution in [-0.2, 0) is 23.8 Å². The molecule has 0 bridgehead atoms. The zero-order chi connectivity index (χ0) is 46.3. The Bertz CT molecular complexity index is 1280. The van der Waals surface area contributed by atoms with E-state index >= 15 is 0 Å². The van der Waals surface area contributed by atoms with Gasteiger partial charge in [0.1, 0.15) is 6.61 Å². The zero-order valence-electron chi connectivity index (χ0n) is 41.8. The Balaban J connectivity index is 4.37. The van der Waals surface area contributed by atoms with Gasteiger partial charge in [-0.3, -0.25) is 9.59 Å². The van der Waals surface area contributed by atoms with Gasteiger partial charge < -0.3 is 14.2 Å². The Kier molecular flexibility index (Phi) is 51.0. The molecule has 0 fully saturated rings. The van der Waals surface area contributed by atoms with E-state index in [0.29, 0.717) is 19.4 Å². The Morgan fingerprint density at radius 2 is 0.734 bits per heavy atom. The number of carbonyl (C=O) groups excluding carboxylic acids is 2. The van der Waals surface area contributed by atoms with Crippen molar-refractivity contribution in [2.24, 2.45) is 0 Å². The average Bonchev–Trinajstić information content (AvgIpc) is 3.30. The van der Waals surface area contributed by atoms with Crippen LogP contribution in [0.4, 0.5) is 0 Å². The lowest BCUT2D eigenvalue weighted by Gasteiger charge is -2.18. The molecule has 64 heavy (non-hydrogen) atoms. The monoisotopic (exact) mass is 887 g/mol. The van der Waals surface area contributed by atoms with Crippen LogP contribution in [0.5, 0.6) is 0 Å². The van der Waals surface area contributed by atoms with Crippen molar-refractivity contribution in [3.63, 3.8) is 0 Å². The van der Waals surface area contributed by atoms with Crippen molar-refractivity contribution in [3.05, 3.63) is 109 Å². The first kappa shape index (κ1) is 60.6. The molecule has 5 nitrogen and oxygen atoms in total. The van der Waals surface area contributed by atoms with Gasteiger partial charge in [-0.05, 0) is 109 Å². The van der Waals surface area contributed by atoms with Crippen LogP contribution in [0.15, 0.2) is 109 Å². The van der Waals surface area contributed by atoms with Gasteiger partial charge in [-0.25, -0.2) is 0 Å². The van der Waals surface area contributed by atoms with Crippen LogP contribution in [0.25, 0.3) is 0 Å². The molecular weight excluding hydrogens is 789 g/mol. The first-order valence-electron chi connectivity index (χ1n) is 26.4. The maximum Gasteiger partial charge on any atom is 0.306 e. The van der Waals surface area contributed by atoms with E-state index in [4.69, 9.17) is 14.2 Å². The summed E-state index contributed by atoms with van der Waals surface area (Å²) >= 11 is 0. The summed E-state index contributed by atoms with van der Waals surface area (Å²) in [5.74, 6) is -0.508. The van der Waals surface area contributed by atoms with E-state index in [1.54, 1.807) is 0 Å². The molecule has 5 heteroatoms. The number of esters is 2. The largest absolute Gasteiger partial charge is 0.462 e. The minimum absolute atomic E-state index is 0.0437. The molecule has 0 aliphatic carbocycles. The van der Waals surface area contributed by atoms with Crippen molar-refractivity contribution < 1.29 is 23.8 Å². The molecule has 364 valence electrons. The predicted molar refractivity (Wildman–Crippen MR) is 279 cm³/mol. The van der Waals surface area contributed by atoms with Gasteiger partial charge >= 0.3 is 11.9 Å². The summed E-state index contributed by atoms with van der Waals surface area (Å²) < 4.78 is 17.3. The first-order chi connectivity index (χ1) is 31.6. The van der Waals surface area contributed by atoms with E-state index in [1.807, 2.05) is 6.08 Å². The van der Waals surface area contributed by atoms with Gasteiger partial charge in [0.25, 0.3) is 0 Å². The summed E-state index contributed by atoms with van der Waals surface area (Å²) in [4.78, 5) is 25.4. The van der Waals surface area contributed by atoms with Crippen molar-refractivity contribution in [1.29, 1.82) is 0 Å². The van der Waals surface area contributed by atoms with Crippen LogP contribution in [0.3, 0.4) is 0 Å². The topological polar surface area (TPSA) is 61.8 Å². The molecule has 1 atom stereocenters. The second-order valence-corrected chi connectivity index (χ2v) is 17.0. The molecule has 0 aliphatic heterocycles. The highest BCUT2D eigenvalue weighted by Gasteiger charge is 2.17. The number of carbonyl (C=O) groups is 2. The summed E-state index contributed by atoms with van der Waals surface area (Å²) in [6.07, 6.45) is 74.0. The number of hydrogen-bond acceptors (Lipinski definition) is 5. The van der Waals surface area contributed by atoms with E-state index in [-0.39, 0.29) is 31.6 Å². The second kappa shape index (κ2) is 53.9. The molecule has 0 saturated heterocycles. The summed E-state index contributed by atoms with van der Waals surface area (Å²) in [6, 6.07) is 0. The smallest absolute Gasteiger partial charge is 0.306 e. The van der Waals surface area contributed by atoms with Crippen molar-refractivity contribution in [3.8, 4) is 0 Å². The number of ether oxygens (including phenoxy) is 3. The standard InChI is InChI=1S/C59H98O5/c1-4-7-10-13-16-19-22-25-27-29-31-33-36-39-42-45-48-51-54-62-55-57(64-59(61)53-50-47-44-41-38-34-24-21-18-15-12-9-6-3)56-63-58(60)52-49-46-43-40-37-35-32-30-28-26-23-20-17-14-11-8-5-2/h7,9-10,12,16-21,25-28,34,38,44,47,57H,4-6,8,11,13-15,22-24,29-33,35-37,39-43,45-46,48-56H2,1-3H3/b10-7-,12-9-,19-16-,20-17-,21-18-,27-25-,28-26-,38-34-,47-44-. The van der Waals surface area contributed by atoms with Crippen LogP contribution >= 0.6 is 0 Å². The molecule has 0 saturated carbocycles. The third-order valence-electron chi connectivity index (χ3n) is 10.8. The highest BCUT2D eigenvalue weighted by Crippen LogP contribution is 2.13. The van der Waals surface area contributed by atoms with Crippen LogP contribution in [0, 0.1) is 0 Å². The molecule has 0 aromatic heterocycles. The average molecular weight is 887 g/mol. The lowest BCUT2D eigenvalue weighted by Crippen LogP contribution is -2.30. The fourth-order valence-corrected chi connectivity index (χ4v) is 6.92. The van der Waals surface area contributed by atoms with Crippen LogP contribution in [0.1, 0.15) is 226 Å². The first-order valence-corrected chi connectivity index (χ1v) is 26.4. The Morgan fingerprint density at radius 1 is 0.359 bits per heavy atom. The van der Waals surface area contributed by atoms with E-state index in [1.165, 1.54) is 96.3 Å². The third-order valence-corrected chi connectivity index (χ3v) is 10.8. The molecule has 0 N–H and O–H groups in total. The lowest BCUT2D eigenvalue weighted by molar-refractivity contribution is -0.162. The maximum absolute atomic E-state index is 12.8. The molecular formula is C59H98O5. The van der Waals surface area contributed by atoms with Crippen molar-refractivity contribution >= 4 is 11.9 Å². The quantitative estimate of drug-likeness (QED) is 0.0346. The van der Waals surface area contributed by atoms with Crippen molar-refractivity contribution in [2.75, 3.05) is 19.8 Å². The van der Waals surface area contributed by atoms with Gasteiger partial charge in [0, 0.05) is 19.4 Å². The molecule has 0 amide bonds. The van der Waals surface area contributed by atoms with Crippen molar-refractivity contribution in [2.45, 2.75) is 232 Å². The Hall–Kier alpha value is -3.44. The molecule has 0 aliphatic rings. The second-order valence-electron chi connectivity index (χ2n) is 17.0. The SMILES string of the molecule is CC/C=C\C/C=C\C/C=C\C/C=C\CCC(=O)OC(COCCCCCCCCCC/C=C\C/C=C\C/C=C\CC)COC(=O)CCCCCCCCC/C=C\C/C=C\CCCCC. The highest BCUT2D eigenvalue weighted by atomic mass is 16.6. The Labute approximate surface area is 395 Å². The predicted octanol–water partition coefficient (Wildman–Crippen LogP) is 18.0. The molecule has 0 aromatic carbocycles.